The molecule has 3 heteroatoms. The quantitative estimate of drug-likeness (QED) is 0.770. The third kappa shape index (κ3) is 3.93. The van der Waals surface area contributed by atoms with Crippen LogP contribution in [-0.2, 0) is 6.54 Å². The highest BCUT2D eigenvalue weighted by Gasteiger charge is 2.12. The summed E-state index contributed by atoms with van der Waals surface area (Å²) in [5, 5.41) is 5.84. The van der Waals surface area contributed by atoms with Crippen molar-refractivity contribution in [1.82, 2.24) is 10.6 Å². The molecule has 0 spiro atoms. The first kappa shape index (κ1) is 13.3. The van der Waals surface area contributed by atoms with Gasteiger partial charge in [-0.3, -0.25) is 10.1 Å². The summed E-state index contributed by atoms with van der Waals surface area (Å²) in [6.45, 7) is 4.59. The highest BCUT2D eigenvalue weighted by Crippen LogP contribution is 2.07. The van der Waals surface area contributed by atoms with Gasteiger partial charge in [-0.25, -0.2) is 0 Å². The standard InChI is InChI=1S/C14H18N2O/c1-5-14(2,3)16-10-11-6-8-12(9-7-11)13(17)15-4/h1,6-9,16H,10H2,2-4H3,(H,15,17). The number of carbonyl (C=O) groups excluding carboxylic acids is 1. The summed E-state index contributed by atoms with van der Waals surface area (Å²) < 4.78 is 0. The molecule has 0 saturated heterocycles. The summed E-state index contributed by atoms with van der Waals surface area (Å²) in [7, 11) is 1.62. The predicted molar refractivity (Wildman–Crippen MR) is 69.6 cm³/mol. The van der Waals surface area contributed by atoms with Crippen molar-refractivity contribution in [2.24, 2.45) is 0 Å². The Morgan fingerprint density at radius 3 is 2.41 bits per heavy atom. The van der Waals surface area contributed by atoms with Crippen LogP contribution in [0.2, 0.25) is 0 Å². The number of amides is 1. The number of benzene rings is 1. The molecule has 0 saturated carbocycles. The van der Waals surface area contributed by atoms with Gasteiger partial charge in [-0.2, -0.15) is 0 Å². The van der Waals surface area contributed by atoms with Crippen molar-refractivity contribution in [2.45, 2.75) is 25.9 Å². The van der Waals surface area contributed by atoms with E-state index in [-0.39, 0.29) is 11.4 Å². The van der Waals surface area contributed by atoms with Crippen molar-refractivity contribution in [3.63, 3.8) is 0 Å². The van der Waals surface area contributed by atoms with Crippen LogP contribution < -0.4 is 10.6 Å². The van der Waals surface area contributed by atoms with Crippen LogP contribution in [0.25, 0.3) is 0 Å². The molecule has 1 aromatic rings. The second-order valence-electron chi connectivity index (χ2n) is 4.40. The number of carbonyl (C=O) groups is 1. The third-order valence-corrected chi connectivity index (χ3v) is 2.54. The average Bonchev–Trinajstić information content (AvgIpc) is 2.36. The number of terminal acetylenes is 1. The normalized spacial score (nSPS) is 10.7. The van der Waals surface area contributed by atoms with E-state index in [2.05, 4.69) is 16.6 Å². The van der Waals surface area contributed by atoms with E-state index in [1.54, 1.807) is 19.2 Å². The van der Waals surface area contributed by atoms with Crippen molar-refractivity contribution < 1.29 is 4.79 Å². The van der Waals surface area contributed by atoms with Crippen LogP contribution in [0.15, 0.2) is 24.3 Å². The molecular weight excluding hydrogens is 212 g/mol. The van der Waals surface area contributed by atoms with E-state index < -0.39 is 0 Å². The molecule has 0 aromatic heterocycles. The lowest BCUT2D eigenvalue weighted by Crippen LogP contribution is -2.36. The van der Waals surface area contributed by atoms with Gasteiger partial charge in [0.05, 0.1) is 5.54 Å². The van der Waals surface area contributed by atoms with Crippen LogP contribution in [0.3, 0.4) is 0 Å². The maximum absolute atomic E-state index is 11.3. The first-order valence-electron chi connectivity index (χ1n) is 5.52. The molecule has 1 aromatic carbocycles. The number of hydrogen-bond donors (Lipinski definition) is 2. The van der Waals surface area contributed by atoms with E-state index in [9.17, 15) is 4.79 Å². The average molecular weight is 230 g/mol. The maximum atomic E-state index is 11.3. The Kier molecular flexibility index (Phi) is 4.30. The molecule has 1 amide bonds. The lowest BCUT2D eigenvalue weighted by Gasteiger charge is -2.19. The van der Waals surface area contributed by atoms with Gasteiger partial charge >= 0.3 is 0 Å². The Morgan fingerprint density at radius 1 is 1.35 bits per heavy atom. The fraction of sp³-hybridized carbons (Fsp3) is 0.357. The highest BCUT2D eigenvalue weighted by atomic mass is 16.1. The molecule has 0 aliphatic rings. The Balaban J connectivity index is 2.64. The summed E-state index contributed by atoms with van der Waals surface area (Å²) in [6, 6.07) is 7.45. The van der Waals surface area contributed by atoms with Crippen LogP contribution in [-0.4, -0.2) is 18.5 Å². The Morgan fingerprint density at radius 2 is 1.94 bits per heavy atom. The lowest BCUT2D eigenvalue weighted by molar-refractivity contribution is 0.0963. The smallest absolute Gasteiger partial charge is 0.251 e. The SMILES string of the molecule is C#CC(C)(C)NCc1ccc(C(=O)NC)cc1. The molecule has 0 radical (unpaired) electrons. The zero-order chi connectivity index (χ0) is 12.9. The fourth-order valence-electron chi connectivity index (χ4n) is 1.29. The molecule has 0 aliphatic carbocycles. The molecule has 2 N–H and O–H groups in total. The fourth-order valence-corrected chi connectivity index (χ4v) is 1.29. The molecule has 0 bridgehead atoms. The molecule has 0 heterocycles. The monoisotopic (exact) mass is 230 g/mol. The third-order valence-electron chi connectivity index (χ3n) is 2.54. The van der Waals surface area contributed by atoms with E-state index >= 15 is 0 Å². The van der Waals surface area contributed by atoms with Crippen LogP contribution in [0.5, 0.6) is 0 Å². The van der Waals surface area contributed by atoms with Crippen molar-refractivity contribution in [3.8, 4) is 12.3 Å². The van der Waals surface area contributed by atoms with Crippen molar-refractivity contribution in [2.75, 3.05) is 7.05 Å². The topological polar surface area (TPSA) is 41.1 Å². The first-order chi connectivity index (χ1) is 7.98. The molecule has 90 valence electrons. The Hall–Kier alpha value is -1.79. The second kappa shape index (κ2) is 5.51. The Labute approximate surface area is 103 Å². The molecule has 0 atom stereocenters. The summed E-state index contributed by atoms with van der Waals surface area (Å²) in [6.07, 6.45) is 5.39. The second-order valence-corrected chi connectivity index (χ2v) is 4.40. The van der Waals surface area contributed by atoms with Crippen molar-refractivity contribution in [1.29, 1.82) is 0 Å². The van der Waals surface area contributed by atoms with Gasteiger partial charge in [0.15, 0.2) is 0 Å². The summed E-state index contributed by atoms with van der Waals surface area (Å²) in [5.74, 6) is 2.60. The van der Waals surface area contributed by atoms with Gasteiger partial charge in [-0.15, -0.1) is 6.42 Å². The minimum Gasteiger partial charge on any atom is -0.355 e. The van der Waals surface area contributed by atoms with Gasteiger partial charge in [0.2, 0.25) is 0 Å². The molecule has 0 unspecified atom stereocenters. The summed E-state index contributed by atoms with van der Waals surface area (Å²) >= 11 is 0. The van der Waals surface area contributed by atoms with Crippen LogP contribution in [0.1, 0.15) is 29.8 Å². The van der Waals surface area contributed by atoms with E-state index in [0.717, 1.165) is 5.56 Å². The maximum Gasteiger partial charge on any atom is 0.251 e. The number of rotatable bonds is 4. The summed E-state index contributed by atoms with van der Waals surface area (Å²) in [5.41, 5.74) is 1.44. The van der Waals surface area contributed by atoms with E-state index in [0.29, 0.717) is 12.1 Å². The minimum absolute atomic E-state index is 0.0755. The van der Waals surface area contributed by atoms with E-state index in [4.69, 9.17) is 6.42 Å². The van der Waals surface area contributed by atoms with Crippen LogP contribution >= 0.6 is 0 Å². The first-order valence-corrected chi connectivity index (χ1v) is 5.52. The van der Waals surface area contributed by atoms with E-state index in [1.807, 2.05) is 26.0 Å². The highest BCUT2D eigenvalue weighted by molar-refractivity contribution is 5.93. The number of nitrogens with one attached hydrogen (secondary N) is 2. The zero-order valence-electron chi connectivity index (χ0n) is 10.5. The molecule has 3 nitrogen and oxygen atoms in total. The van der Waals surface area contributed by atoms with Gasteiger partial charge in [0, 0.05) is 19.2 Å². The molecule has 0 fully saturated rings. The van der Waals surface area contributed by atoms with Crippen LogP contribution in [0.4, 0.5) is 0 Å². The van der Waals surface area contributed by atoms with Gasteiger partial charge < -0.3 is 5.32 Å². The zero-order valence-corrected chi connectivity index (χ0v) is 10.5. The lowest BCUT2D eigenvalue weighted by atomic mass is 10.1. The minimum atomic E-state index is -0.320. The van der Waals surface area contributed by atoms with Gasteiger partial charge in [0.25, 0.3) is 5.91 Å². The van der Waals surface area contributed by atoms with Crippen LogP contribution in [0, 0.1) is 12.3 Å². The molecule has 17 heavy (non-hydrogen) atoms. The molecule has 1 rings (SSSR count). The molecule has 0 aliphatic heterocycles. The largest absolute Gasteiger partial charge is 0.355 e. The van der Waals surface area contributed by atoms with Crippen molar-refractivity contribution in [3.05, 3.63) is 35.4 Å². The van der Waals surface area contributed by atoms with Crippen molar-refractivity contribution >= 4 is 5.91 Å². The summed E-state index contributed by atoms with van der Waals surface area (Å²) in [4.78, 5) is 11.3. The number of hydrogen-bond acceptors (Lipinski definition) is 2. The Bertz CT molecular complexity index is 427. The van der Waals surface area contributed by atoms with Gasteiger partial charge in [-0.1, -0.05) is 18.1 Å². The molecular formula is C14H18N2O. The van der Waals surface area contributed by atoms with E-state index in [1.165, 1.54) is 0 Å². The van der Waals surface area contributed by atoms with Gasteiger partial charge in [-0.05, 0) is 31.5 Å². The predicted octanol–water partition coefficient (Wildman–Crippen LogP) is 1.55. The van der Waals surface area contributed by atoms with Gasteiger partial charge in [0.1, 0.15) is 0 Å².